The fourth-order valence-electron chi connectivity index (χ4n) is 2.89. The smallest absolute Gasteiger partial charge is 0.274 e. The summed E-state index contributed by atoms with van der Waals surface area (Å²) in [6.07, 6.45) is 1.08. The van der Waals surface area contributed by atoms with Crippen molar-refractivity contribution in [1.82, 2.24) is 20.0 Å². The SMILES string of the molecule is CCOCC(O)CN1CCN(C(=O)c2cc(-c3ccco3)[nH]n2)CC1. The van der Waals surface area contributed by atoms with Gasteiger partial charge in [-0.15, -0.1) is 0 Å². The first kappa shape index (κ1) is 17.7. The highest BCUT2D eigenvalue weighted by Crippen LogP contribution is 2.19. The Hall–Kier alpha value is -2.16. The van der Waals surface area contributed by atoms with E-state index in [1.54, 1.807) is 23.3 Å². The molecule has 1 atom stereocenters. The summed E-state index contributed by atoms with van der Waals surface area (Å²) in [4.78, 5) is 16.5. The van der Waals surface area contributed by atoms with Crippen LogP contribution in [0.25, 0.3) is 11.5 Å². The molecule has 2 aromatic rings. The highest BCUT2D eigenvalue weighted by Gasteiger charge is 2.25. The number of hydrogen-bond acceptors (Lipinski definition) is 6. The van der Waals surface area contributed by atoms with Gasteiger partial charge < -0.3 is 19.2 Å². The van der Waals surface area contributed by atoms with Gasteiger partial charge in [0.25, 0.3) is 5.91 Å². The number of carbonyl (C=O) groups is 1. The highest BCUT2D eigenvalue weighted by atomic mass is 16.5. The fourth-order valence-corrected chi connectivity index (χ4v) is 2.89. The zero-order chi connectivity index (χ0) is 17.6. The van der Waals surface area contributed by atoms with E-state index in [1.807, 2.05) is 13.0 Å². The summed E-state index contributed by atoms with van der Waals surface area (Å²) in [6.45, 7) is 6.10. The van der Waals surface area contributed by atoms with Crippen LogP contribution in [-0.4, -0.2) is 83.1 Å². The van der Waals surface area contributed by atoms with Gasteiger partial charge in [0.1, 0.15) is 5.69 Å². The van der Waals surface area contributed by atoms with E-state index in [2.05, 4.69) is 15.1 Å². The highest BCUT2D eigenvalue weighted by molar-refractivity contribution is 5.93. The second-order valence-electron chi connectivity index (χ2n) is 6.05. The molecule has 1 saturated heterocycles. The summed E-state index contributed by atoms with van der Waals surface area (Å²) in [6, 6.07) is 5.31. The Kier molecular flexibility index (Phi) is 5.85. The minimum absolute atomic E-state index is 0.0939. The maximum absolute atomic E-state index is 12.6. The van der Waals surface area contributed by atoms with E-state index < -0.39 is 6.10 Å². The Morgan fingerprint density at radius 2 is 2.24 bits per heavy atom. The number of nitrogens with one attached hydrogen (secondary N) is 1. The predicted octanol–water partition coefficient (Wildman–Crippen LogP) is 0.825. The lowest BCUT2D eigenvalue weighted by molar-refractivity contribution is 0.0110. The number of ether oxygens (including phenoxy) is 1. The van der Waals surface area contributed by atoms with Crippen molar-refractivity contribution < 1.29 is 19.1 Å². The molecule has 0 saturated carbocycles. The van der Waals surface area contributed by atoms with Gasteiger partial charge in [-0.2, -0.15) is 5.10 Å². The average Bonchev–Trinajstić information content (AvgIpc) is 3.31. The topological polar surface area (TPSA) is 94.8 Å². The maximum Gasteiger partial charge on any atom is 0.274 e. The second-order valence-corrected chi connectivity index (χ2v) is 6.05. The fraction of sp³-hybridized carbons (Fsp3) is 0.529. The zero-order valence-electron chi connectivity index (χ0n) is 14.4. The van der Waals surface area contributed by atoms with Gasteiger partial charge in [-0.1, -0.05) is 0 Å². The molecule has 8 heteroatoms. The molecule has 0 aromatic carbocycles. The van der Waals surface area contributed by atoms with Crippen LogP contribution in [-0.2, 0) is 4.74 Å². The van der Waals surface area contributed by atoms with Crippen molar-refractivity contribution in [3.05, 3.63) is 30.2 Å². The Morgan fingerprint density at radius 3 is 2.92 bits per heavy atom. The number of aliphatic hydroxyl groups is 1. The van der Waals surface area contributed by atoms with E-state index in [4.69, 9.17) is 9.15 Å². The minimum atomic E-state index is -0.496. The monoisotopic (exact) mass is 348 g/mol. The molecule has 3 heterocycles. The minimum Gasteiger partial charge on any atom is -0.463 e. The normalized spacial score (nSPS) is 17.0. The summed E-state index contributed by atoms with van der Waals surface area (Å²) in [5, 5.41) is 16.8. The number of carbonyl (C=O) groups excluding carboxylic acids is 1. The van der Waals surface area contributed by atoms with Crippen LogP contribution in [0, 0.1) is 0 Å². The molecule has 0 spiro atoms. The quantitative estimate of drug-likeness (QED) is 0.769. The van der Waals surface area contributed by atoms with Gasteiger partial charge in [-0.25, -0.2) is 0 Å². The Morgan fingerprint density at radius 1 is 1.44 bits per heavy atom. The number of hydrogen-bond donors (Lipinski definition) is 2. The molecule has 0 bridgehead atoms. The van der Waals surface area contributed by atoms with Crippen LogP contribution >= 0.6 is 0 Å². The molecule has 0 radical (unpaired) electrons. The molecule has 2 aromatic heterocycles. The first-order valence-electron chi connectivity index (χ1n) is 8.54. The van der Waals surface area contributed by atoms with Crippen LogP contribution < -0.4 is 0 Å². The molecule has 25 heavy (non-hydrogen) atoms. The van der Waals surface area contributed by atoms with Crippen LogP contribution in [0.1, 0.15) is 17.4 Å². The molecule has 2 N–H and O–H groups in total. The van der Waals surface area contributed by atoms with Crippen molar-refractivity contribution in [2.75, 3.05) is 45.9 Å². The van der Waals surface area contributed by atoms with E-state index >= 15 is 0 Å². The van der Waals surface area contributed by atoms with Crippen LogP contribution in [0.15, 0.2) is 28.9 Å². The van der Waals surface area contributed by atoms with Gasteiger partial charge in [-0.05, 0) is 19.1 Å². The lowest BCUT2D eigenvalue weighted by atomic mass is 10.2. The first-order chi connectivity index (χ1) is 12.2. The Bertz CT molecular complexity index is 662. The lowest BCUT2D eigenvalue weighted by Gasteiger charge is -2.35. The van der Waals surface area contributed by atoms with Crippen molar-refractivity contribution >= 4 is 5.91 Å². The standard InChI is InChI=1S/C17H24N4O4/c1-2-24-12-13(22)11-20-5-7-21(8-6-20)17(23)15-10-14(18-19-15)16-4-3-9-25-16/h3-4,9-10,13,22H,2,5-8,11-12H2,1H3,(H,18,19). The number of aliphatic hydroxyl groups excluding tert-OH is 1. The number of amides is 1. The molecule has 8 nitrogen and oxygen atoms in total. The third kappa shape index (κ3) is 4.47. The first-order valence-corrected chi connectivity index (χ1v) is 8.54. The van der Waals surface area contributed by atoms with Gasteiger partial charge in [-0.3, -0.25) is 14.8 Å². The summed E-state index contributed by atoms with van der Waals surface area (Å²) in [5.41, 5.74) is 1.07. The van der Waals surface area contributed by atoms with Gasteiger partial charge in [0, 0.05) is 45.4 Å². The average molecular weight is 348 g/mol. The summed E-state index contributed by atoms with van der Waals surface area (Å²) in [5.74, 6) is 0.559. The summed E-state index contributed by atoms with van der Waals surface area (Å²) < 4.78 is 10.5. The predicted molar refractivity (Wildman–Crippen MR) is 91.1 cm³/mol. The third-order valence-corrected chi connectivity index (χ3v) is 4.23. The summed E-state index contributed by atoms with van der Waals surface area (Å²) in [7, 11) is 0. The van der Waals surface area contributed by atoms with Gasteiger partial charge >= 0.3 is 0 Å². The molecule has 1 unspecified atom stereocenters. The second kappa shape index (κ2) is 8.28. The number of piperazine rings is 1. The molecule has 136 valence electrons. The van der Waals surface area contributed by atoms with Crippen LogP contribution in [0.3, 0.4) is 0 Å². The molecule has 1 fully saturated rings. The number of furan rings is 1. The molecule has 1 amide bonds. The van der Waals surface area contributed by atoms with Crippen molar-refractivity contribution in [3.63, 3.8) is 0 Å². The number of β-amino-alcohol motifs (C(OH)–C–C–N with tert-alkyl or cyclic N) is 1. The van der Waals surface area contributed by atoms with Crippen molar-refractivity contribution in [2.45, 2.75) is 13.0 Å². The van der Waals surface area contributed by atoms with E-state index in [9.17, 15) is 9.90 Å². The van der Waals surface area contributed by atoms with Crippen LogP contribution in [0.4, 0.5) is 0 Å². The lowest BCUT2D eigenvalue weighted by Crippen LogP contribution is -2.50. The molecule has 3 rings (SSSR count). The van der Waals surface area contributed by atoms with Crippen molar-refractivity contribution in [3.8, 4) is 11.5 Å². The molecular formula is C17H24N4O4. The van der Waals surface area contributed by atoms with Gasteiger partial charge in [0.2, 0.25) is 0 Å². The van der Waals surface area contributed by atoms with Crippen molar-refractivity contribution in [1.29, 1.82) is 0 Å². The number of nitrogens with zero attached hydrogens (tertiary/aromatic N) is 3. The zero-order valence-corrected chi connectivity index (χ0v) is 14.4. The molecule has 0 aliphatic carbocycles. The third-order valence-electron chi connectivity index (χ3n) is 4.23. The van der Waals surface area contributed by atoms with E-state index in [-0.39, 0.29) is 5.91 Å². The van der Waals surface area contributed by atoms with Crippen molar-refractivity contribution in [2.24, 2.45) is 0 Å². The Labute approximate surface area is 146 Å². The molecule has 1 aliphatic rings. The number of aromatic nitrogens is 2. The van der Waals surface area contributed by atoms with Crippen LogP contribution in [0.2, 0.25) is 0 Å². The van der Waals surface area contributed by atoms with E-state index in [0.717, 1.165) is 13.1 Å². The van der Waals surface area contributed by atoms with Gasteiger partial charge in [0.15, 0.2) is 11.5 Å². The largest absolute Gasteiger partial charge is 0.463 e. The Balaban J connectivity index is 1.50. The number of rotatable bonds is 7. The molecular weight excluding hydrogens is 324 g/mol. The molecule has 1 aliphatic heterocycles. The van der Waals surface area contributed by atoms with E-state index in [1.165, 1.54) is 0 Å². The maximum atomic E-state index is 12.6. The summed E-state index contributed by atoms with van der Waals surface area (Å²) >= 11 is 0. The van der Waals surface area contributed by atoms with Gasteiger partial charge in [0.05, 0.1) is 19.0 Å². The number of H-pyrrole nitrogens is 1. The van der Waals surface area contributed by atoms with E-state index in [0.29, 0.717) is 50.0 Å². The number of aromatic amines is 1. The van der Waals surface area contributed by atoms with Crippen LogP contribution in [0.5, 0.6) is 0 Å².